The highest BCUT2D eigenvalue weighted by molar-refractivity contribution is 5.69. The molecule has 0 aromatic heterocycles. The van der Waals surface area contributed by atoms with E-state index in [1.807, 2.05) is 20.8 Å². The van der Waals surface area contributed by atoms with Gasteiger partial charge in [0.05, 0.1) is 12.6 Å². The fourth-order valence-corrected chi connectivity index (χ4v) is 2.98. The predicted molar refractivity (Wildman–Crippen MR) is 64.6 cm³/mol. The highest BCUT2D eigenvalue weighted by Crippen LogP contribution is 2.46. The van der Waals surface area contributed by atoms with Crippen molar-refractivity contribution in [2.75, 3.05) is 6.61 Å². The minimum Gasteiger partial charge on any atom is -0.444 e. The number of fused-ring (bicyclic) bond motifs is 2. The second-order valence-corrected chi connectivity index (χ2v) is 6.38. The monoisotopic (exact) mass is 241 g/mol. The first-order valence-electron chi connectivity index (χ1n) is 6.45. The molecule has 17 heavy (non-hydrogen) atoms. The molecule has 2 saturated heterocycles. The number of nitrogens with zero attached hydrogens (tertiary/aromatic N) is 1. The summed E-state index contributed by atoms with van der Waals surface area (Å²) in [6.07, 6.45) is 1.86. The van der Waals surface area contributed by atoms with Crippen LogP contribution in [0.2, 0.25) is 0 Å². The number of aliphatic hydroxyl groups excluding tert-OH is 1. The van der Waals surface area contributed by atoms with Crippen molar-refractivity contribution in [2.24, 2.45) is 11.8 Å². The van der Waals surface area contributed by atoms with Gasteiger partial charge in [-0.1, -0.05) is 6.92 Å². The van der Waals surface area contributed by atoms with Crippen molar-refractivity contribution in [3.63, 3.8) is 0 Å². The first-order chi connectivity index (χ1) is 7.83. The molecule has 2 unspecified atom stereocenters. The van der Waals surface area contributed by atoms with E-state index in [-0.39, 0.29) is 24.8 Å². The van der Waals surface area contributed by atoms with Crippen LogP contribution in [0.3, 0.4) is 0 Å². The van der Waals surface area contributed by atoms with Gasteiger partial charge in [-0.2, -0.15) is 0 Å². The molecule has 2 heterocycles. The summed E-state index contributed by atoms with van der Waals surface area (Å²) >= 11 is 0. The number of hydrogen-bond donors (Lipinski definition) is 1. The first-order valence-corrected chi connectivity index (χ1v) is 6.45. The molecule has 2 aliphatic heterocycles. The predicted octanol–water partition coefficient (Wildman–Crippen LogP) is 2.01. The Labute approximate surface area is 103 Å². The summed E-state index contributed by atoms with van der Waals surface area (Å²) < 4.78 is 5.43. The maximum atomic E-state index is 12.2. The van der Waals surface area contributed by atoms with Gasteiger partial charge >= 0.3 is 6.09 Å². The summed E-state index contributed by atoms with van der Waals surface area (Å²) in [5.74, 6) is 1.05. The molecule has 2 bridgehead atoms. The molecule has 0 spiro atoms. The average molecular weight is 241 g/mol. The van der Waals surface area contributed by atoms with Crippen LogP contribution in [0.4, 0.5) is 4.79 Å². The van der Waals surface area contributed by atoms with E-state index in [4.69, 9.17) is 4.74 Å². The number of amides is 1. The molecule has 4 heteroatoms. The third-order valence-electron chi connectivity index (χ3n) is 4.04. The van der Waals surface area contributed by atoms with Gasteiger partial charge in [0, 0.05) is 6.04 Å². The van der Waals surface area contributed by atoms with Crippen LogP contribution in [-0.4, -0.2) is 40.4 Å². The lowest BCUT2D eigenvalue weighted by atomic mass is 9.65. The largest absolute Gasteiger partial charge is 0.444 e. The van der Waals surface area contributed by atoms with Crippen LogP contribution in [0.15, 0.2) is 0 Å². The van der Waals surface area contributed by atoms with E-state index < -0.39 is 5.60 Å². The highest BCUT2D eigenvalue weighted by Gasteiger charge is 2.51. The van der Waals surface area contributed by atoms with Gasteiger partial charge in [0.2, 0.25) is 0 Å². The van der Waals surface area contributed by atoms with Crippen molar-refractivity contribution < 1.29 is 14.6 Å². The third-order valence-corrected chi connectivity index (χ3v) is 4.04. The van der Waals surface area contributed by atoms with Crippen molar-refractivity contribution in [1.82, 2.24) is 4.90 Å². The maximum absolute atomic E-state index is 12.2. The number of aliphatic hydroxyl groups is 1. The minimum absolute atomic E-state index is 0.0351. The highest BCUT2D eigenvalue weighted by atomic mass is 16.6. The van der Waals surface area contributed by atoms with Gasteiger partial charge in [0.15, 0.2) is 0 Å². The number of carbonyl (C=O) groups is 1. The molecule has 3 aliphatic rings. The Morgan fingerprint density at radius 3 is 2.47 bits per heavy atom. The van der Waals surface area contributed by atoms with Gasteiger partial charge in [0.1, 0.15) is 5.60 Å². The van der Waals surface area contributed by atoms with Gasteiger partial charge < -0.3 is 9.84 Å². The fraction of sp³-hybridized carbons (Fsp3) is 0.923. The Morgan fingerprint density at radius 2 is 2.00 bits per heavy atom. The van der Waals surface area contributed by atoms with Crippen LogP contribution in [0.25, 0.3) is 0 Å². The zero-order valence-corrected chi connectivity index (χ0v) is 11.1. The summed E-state index contributed by atoms with van der Waals surface area (Å²) in [4.78, 5) is 13.9. The third kappa shape index (κ3) is 2.28. The summed E-state index contributed by atoms with van der Waals surface area (Å²) in [6, 6.07) is 0.213. The average Bonchev–Trinajstić information content (AvgIpc) is 2.11. The lowest BCUT2D eigenvalue weighted by Gasteiger charge is -2.56. The molecule has 3 rings (SSSR count). The molecule has 1 saturated carbocycles. The number of ether oxygens (including phenoxy) is 1. The SMILES string of the molecule is CC1C2CC(C2)N(C(=O)OC(C)(C)C)C1CO. The second-order valence-electron chi connectivity index (χ2n) is 6.38. The number of rotatable bonds is 1. The molecule has 1 amide bonds. The van der Waals surface area contributed by atoms with Crippen LogP contribution < -0.4 is 0 Å². The first kappa shape index (κ1) is 12.7. The van der Waals surface area contributed by atoms with Crippen LogP contribution in [0, 0.1) is 11.8 Å². The normalized spacial score (nSPS) is 36.4. The molecule has 2 atom stereocenters. The Bertz CT molecular complexity index is 304. The maximum Gasteiger partial charge on any atom is 0.410 e. The topological polar surface area (TPSA) is 49.8 Å². The van der Waals surface area contributed by atoms with Gasteiger partial charge in [0.25, 0.3) is 0 Å². The Hall–Kier alpha value is -0.770. The summed E-state index contributed by atoms with van der Waals surface area (Å²) in [7, 11) is 0. The minimum atomic E-state index is -0.471. The van der Waals surface area contributed by atoms with Gasteiger partial charge in [-0.25, -0.2) is 4.79 Å². The lowest BCUT2D eigenvalue weighted by molar-refractivity contribution is -0.0922. The molecule has 98 valence electrons. The number of piperidine rings is 2. The lowest BCUT2D eigenvalue weighted by Crippen LogP contribution is -2.64. The molecule has 1 N–H and O–H groups in total. The summed E-state index contributed by atoms with van der Waals surface area (Å²) in [6.45, 7) is 7.77. The van der Waals surface area contributed by atoms with E-state index in [0.717, 1.165) is 12.8 Å². The van der Waals surface area contributed by atoms with Crippen molar-refractivity contribution in [1.29, 1.82) is 0 Å². The molecular formula is C13H23NO3. The van der Waals surface area contributed by atoms with Crippen LogP contribution >= 0.6 is 0 Å². The zero-order chi connectivity index (χ0) is 12.8. The molecule has 1 aliphatic carbocycles. The fourth-order valence-electron chi connectivity index (χ4n) is 2.98. The molecule has 0 aromatic rings. The van der Waals surface area contributed by atoms with Crippen molar-refractivity contribution in [2.45, 2.75) is 58.2 Å². The second kappa shape index (κ2) is 4.16. The smallest absolute Gasteiger partial charge is 0.410 e. The van der Waals surface area contributed by atoms with Gasteiger partial charge in [-0.15, -0.1) is 0 Å². The van der Waals surface area contributed by atoms with E-state index in [0.29, 0.717) is 11.8 Å². The van der Waals surface area contributed by atoms with Crippen molar-refractivity contribution in [3.05, 3.63) is 0 Å². The number of carbonyl (C=O) groups excluding carboxylic acids is 1. The van der Waals surface area contributed by atoms with E-state index in [1.165, 1.54) is 0 Å². The van der Waals surface area contributed by atoms with Crippen LogP contribution in [-0.2, 0) is 4.74 Å². The molecule has 0 aromatic carbocycles. The van der Waals surface area contributed by atoms with E-state index >= 15 is 0 Å². The molecule has 0 radical (unpaired) electrons. The van der Waals surface area contributed by atoms with Gasteiger partial charge in [-0.05, 0) is 45.4 Å². The van der Waals surface area contributed by atoms with Crippen molar-refractivity contribution in [3.8, 4) is 0 Å². The quantitative estimate of drug-likeness (QED) is 0.764. The summed E-state index contributed by atoms with van der Waals surface area (Å²) in [5.41, 5.74) is -0.471. The zero-order valence-electron chi connectivity index (χ0n) is 11.1. The Morgan fingerprint density at radius 1 is 1.41 bits per heavy atom. The summed E-state index contributed by atoms with van der Waals surface area (Å²) in [5, 5.41) is 9.47. The van der Waals surface area contributed by atoms with E-state index in [2.05, 4.69) is 6.92 Å². The molecule has 4 nitrogen and oxygen atoms in total. The molecular weight excluding hydrogens is 218 g/mol. The Kier molecular flexibility index (Phi) is 3.10. The number of hydrogen-bond acceptors (Lipinski definition) is 3. The van der Waals surface area contributed by atoms with Crippen LogP contribution in [0.1, 0.15) is 40.5 Å². The van der Waals surface area contributed by atoms with Gasteiger partial charge in [-0.3, -0.25) is 4.90 Å². The van der Waals surface area contributed by atoms with E-state index in [9.17, 15) is 9.90 Å². The van der Waals surface area contributed by atoms with Crippen LogP contribution in [0.5, 0.6) is 0 Å². The standard InChI is InChI=1S/C13H23NO3/c1-8-9-5-10(6-9)14(11(8)7-15)12(16)17-13(2,3)4/h8-11,15H,5-7H2,1-4H3. The Balaban J connectivity index is 2.09. The van der Waals surface area contributed by atoms with E-state index in [1.54, 1.807) is 4.90 Å². The van der Waals surface area contributed by atoms with Crippen molar-refractivity contribution >= 4 is 6.09 Å². The molecule has 3 fully saturated rings.